The maximum absolute atomic E-state index is 12.6. The fourth-order valence-corrected chi connectivity index (χ4v) is 3.68. The summed E-state index contributed by atoms with van der Waals surface area (Å²) in [5.74, 6) is 0.635. The summed E-state index contributed by atoms with van der Waals surface area (Å²) < 4.78 is 0. The Morgan fingerprint density at radius 3 is 3.15 bits per heavy atom. The van der Waals surface area contributed by atoms with E-state index < -0.39 is 0 Å². The highest BCUT2D eigenvalue weighted by Gasteiger charge is 2.17. The van der Waals surface area contributed by atoms with Crippen LogP contribution in [0.4, 0.5) is 0 Å². The number of carbonyl (C=O) groups is 1. The summed E-state index contributed by atoms with van der Waals surface area (Å²) >= 11 is 1.60. The van der Waals surface area contributed by atoms with Gasteiger partial charge >= 0.3 is 0 Å². The van der Waals surface area contributed by atoms with Crippen molar-refractivity contribution >= 4 is 34.6 Å². The topological polar surface area (TPSA) is 86.3 Å². The second-order valence-electron chi connectivity index (χ2n) is 6.26. The molecule has 1 amide bonds. The van der Waals surface area contributed by atoms with E-state index in [0.717, 1.165) is 30.3 Å². The summed E-state index contributed by atoms with van der Waals surface area (Å²) in [6, 6.07) is 6.07. The Kier molecular flexibility index (Phi) is 4.77. The second-order valence-corrected chi connectivity index (χ2v) is 7.20. The van der Waals surface area contributed by atoms with Crippen molar-refractivity contribution in [2.24, 2.45) is 4.99 Å². The van der Waals surface area contributed by atoms with Crippen LogP contribution >= 0.6 is 11.3 Å². The minimum atomic E-state index is -0.107. The van der Waals surface area contributed by atoms with Gasteiger partial charge in [0.15, 0.2) is 11.5 Å². The van der Waals surface area contributed by atoms with Gasteiger partial charge < -0.3 is 10.3 Å². The van der Waals surface area contributed by atoms with Crippen molar-refractivity contribution in [2.45, 2.75) is 19.4 Å². The number of nitrogens with zero attached hydrogens (tertiary/aromatic N) is 4. The van der Waals surface area contributed by atoms with Gasteiger partial charge in [-0.1, -0.05) is 6.07 Å². The lowest BCUT2D eigenvalue weighted by Crippen LogP contribution is -2.33. The molecule has 0 aromatic carbocycles. The highest BCUT2D eigenvalue weighted by Crippen LogP contribution is 2.25. The molecule has 0 saturated carbocycles. The average Bonchev–Trinajstić information content (AvgIpc) is 3.38. The summed E-state index contributed by atoms with van der Waals surface area (Å²) in [4.78, 5) is 32.2. The van der Waals surface area contributed by atoms with Crippen LogP contribution in [-0.4, -0.2) is 57.8 Å². The van der Waals surface area contributed by atoms with Crippen LogP contribution < -0.4 is 5.32 Å². The van der Waals surface area contributed by atoms with E-state index >= 15 is 0 Å². The van der Waals surface area contributed by atoms with E-state index in [0.29, 0.717) is 29.3 Å². The summed E-state index contributed by atoms with van der Waals surface area (Å²) in [5.41, 5.74) is 1.81. The van der Waals surface area contributed by atoms with E-state index in [1.165, 1.54) is 0 Å². The molecule has 1 aliphatic heterocycles. The summed E-state index contributed by atoms with van der Waals surface area (Å²) in [6.07, 6.45) is 4.48. The van der Waals surface area contributed by atoms with Gasteiger partial charge in [0.25, 0.3) is 5.91 Å². The van der Waals surface area contributed by atoms with Crippen molar-refractivity contribution in [3.05, 3.63) is 35.3 Å². The molecule has 1 aliphatic rings. The quantitative estimate of drug-likeness (QED) is 0.655. The average molecular weight is 368 g/mol. The van der Waals surface area contributed by atoms with Crippen molar-refractivity contribution < 1.29 is 4.79 Å². The highest BCUT2D eigenvalue weighted by molar-refractivity contribution is 7.13. The molecule has 0 bridgehead atoms. The molecule has 0 aliphatic carbocycles. The Labute approximate surface area is 155 Å². The Morgan fingerprint density at radius 1 is 1.46 bits per heavy atom. The largest absolute Gasteiger partial charge is 0.352 e. The number of nitrogens with one attached hydrogen (secondary N) is 2. The zero-order valence-electron chi connectivity index (χ0n) is 14.5. The van der Waals surface area contributed by atoms with E-state index in [-0.39, 0.29) is 5.91 Å². The van der Waals surface area contributed by atoms with Crippen LogP contribution in [0.15, 0.2) is 34.8 Å². The van der Waals surface area contributed by atoms with E-state index in [1.807, 2.05) is 23.7 Å². The third-order valence-corrected chi connectivity index (χ3v) is 5.34. The molecule has 0 spiro atoms. The molecule has 134 valence electrons. The lowest BCUT2D eigenvalue weighted by atomic mass is 10.2. The van der Waals surface area contributed by atoms with E-state index in [9.17, 15) is 4.79 Å². The Hall–Kier alpha value is -2.58. The molecule has 1 unspecified atom stereocenters. The third-order valence-electron chi connectivity index (χ3n) is 4.46. The van der Waals surface area contributed by atoms with Gasteiger partial charge in [0, 0.05) is 31.5 Å². The van der Waals surface area contributed by atoms with Crippen LogP contribution in [-0.2, 0) is 0 Å². The lowest BCUT2D eigenvalue weighted by molar-refractivity contribution is 0.0953. The van der Waals surface area contributed by atoms with Crippen LogP contribution in [0.25, 0.3) is 21.9 Å². The number of imidazole rings is 1. The van der Waals surface area contributed by atoms with Crippen molar-refractivity contribution in [3.8, 4) is 10.7 Å². The first kappa shape index (κ1) is 16.9. The number of thiophene rings is 1. The smallest absolute Gasteiger partial charge is 0.253 e. The number of carbonyl (C=O) groups excluding carboxylic acids is 1. The lowest BCUT2D eigenvalue weighted by Gasteiger charge is -2.19. The van der Waals surface area contributed by atoms with Gasteiger partial charge in [-0.25, -0.2) is 9.97 Å². The highest BCUT2D eigenvalue weighted by atomic mass is 32.1. The van der Waals surface area contributed by atoms with Gasteiger partial charge in [-0.3, -0.25) is 14.7 Å². The molecule has 4 rings (SSSR count). The van der Waals surface area contributed by atoms with Crippen LogP contribution in [0, 0.1) is 0 Å². The maximum atomic E-state index is 12.6. The Morgan fingerprint density at radius 2 is 2.38 bits per heavy atom. The van der Waals surface area contributed by atoms with E-state index in [1.54, 1.807) is 23.6 Å². The molecule has 3 aromatic heterocycles. The third kappa shape index (κ3) is 3.38. The second kappa shape index (κ2) is 7.35. The molecule has 4 heterocycles. The maximum Gasteiger partial charge on any atom is 0.253 e. The number of aromatic amines is 1. The number of pyridine rings is 1. The number of fused-ring (bicyclic) bond motifs is 1. The number of hydrogen-bond acceptors (Lipinski definition) is 6. The van der Waals surface area contributed by atoms with Gasteiger partial charge in [-0.15, -0.1) is 11.3 Å². The van der Waals surface area contributed by atoms with Gasteiger partial charge in [-0.2, -0.15) is 0 Å². The molecule has 0 radical (unpaired) electrons. The van der Waals surface area contributed by atoms with Crippen molar-refractivity contribution in [1.82, 2.24) is 25.2 Å². The predicted octanol–water partition coefficient (Wildman–Crippen LogP) is 2.54. The van der Waals surface area contributed by atoms with Gasteiger partial charge in [0.1, 0.15) is 0 Å². The summed E-state index contributed by atoms with van der Waals surface area (Å²) in [7, 11) is 0. The summed E-state index contributed by atoms with van der Waals surface area (Å²) in [5, 5.41) is 4.99. The normalized spacial score (nSPS) is 17.2. The van der Waals surface area contributed by atoms with Crippen molar-refractivity contribution in [2.75, 3.05) is 19.8 Å². The first-order valence-corrected chi connectivity index (χ1v) is 9.51. The molecule has 7 nitrogen and oxygen atoms in total. The van der Waals surface area contributed by atoms with Crippen LogP contribution in [0.2, 0.25) is 0 Å². The van der Waals surface area contributed by atoms with Gasteiger partial charge in [0.2, 0.25) is 0 Å². The van der Waals surface area contributed by atoms with Crippen LogP contribution in [0.3, 0.4) is 0 Å². The Bertz CT molecular complexity index is 932. The molecule has 26 heavy (non-hydrogen) atoms. The first-order valence-electron chi connectivity index (χ1n) is 8.63. The molecule has 1 atom stereocenters. The number of aliphatic imine (C=N–C) groups is 1. The van der Waals surface area contributed by atoms with Crippen LogP contribution in [0.1, 0.15) is 23.7 Å². The molecular formula is C18H20N6OS. The monoisotopic (exact) mass is 368 g/mol. The number of hydrogen-bond donors (Lipinski definition) is 2. The molecule has 2 N–H and O–H groups in total. The standard InChI is InChI=1S/C18H20N6OS/c1-12-10-19-11-24(12)8-3-6-21-18(25)13-5-7-20-17-15(13)22-16(23-17)14-4-2-9-26-14/h2,4-5,7,9-10,12H,3,6,8,11H2,1H3,(H,21,25)(H,20,22,23). The number of rotatable bonds is 6. The zero-order chi connectivity index (χ0) is 17.9. The molecule has 0 saturated heterocycles. The van der Waals surface area contributed by atoms with E-state index in [2.05, 4.69) is 37.1 Å². The summed E-state index contributed by atoms with van der Waals surface area (Å²) in [6.45, 7) is 4.42. The SMILES string of the molecule is CC1C=NCN1CCCNC(=O)c1ccnc2nc(-c3cccs3)[nH]c12. The molecule has 3 aromatic rings. The van der Waals surface area contributed by atoms with Gasteiger partial charge in [-0.05, 0) is 30.9 Å². The van der Waals surface area contributed by atoms with Gasteiger partial charge in [0.05, 0.1) is 22.6 Å². The number of aromatic nitrogens is 3. The number of amides is 1. The Balaban J connectivity index is 1.41. The zero-order valence-corrected chi connectivity index (χ0v) is 15.3. The number of H-pyrrole nitrogens is 1. The van der Waals surface area contributed by atoms with Crippen LogP contribution in [0.5, 0.6) is 0 Å². The molecule has 8 heteroatoms. The van der Waals surface area contributed by atoms with Crippen molar-refractivity contribution in [3.63, 3.8) is 0 Å². The minimum absolute atomic E-state index is 0.107. The fraction of sp³-hybridized carbons (Fsp3) is 0.333. The first-order chi connectivity index (χ1) is 12.7. The van der Waals surface area contributed by atoms with E-state index in [4.69, 9.17) is 0 Å². The minimum Gasteiger partial charge on any atom is -0.352 e. The van der Waals surface area contributed by atoms with Crippen molar-refractivity contribution in [1.29, 1.82) is 0 Å². The molecule has 0 fully saturated rings. The fourth-order valence-electron chi connectivity index (χ4n) is 3.01. The molecular weight excluding hydrogens is 348 g/mol. The predicted molar refractivity (Wildman–Crippen MR) is 104 cm³/mol.